The van der Waals surface area contributed by atoms with Crippen molar-refractivity contribution in [3.8, 4) is 0 Å². The Morgan fingerprint density at radius 2 is 1.08 bits per heavy atom. The summed E-state index contributed by atoms with van der Waals surface area (Å²) >= 11 is 28.9. The number of nitrogens with zero attached hydrogens (tertiary/aromatic N) is 4. The molecule has 0 unspecified atom stereocenters. The summed E-state index contributed by atoms with van der Waals surface area (Å²) in [6.07, 6.45) is 11.1. The van der Waals surface area contributed by atoms with Gasteiger partial charge in [-0.25, -0.2) is 15.0 Å². The van der Waals surface area contributed by atoms with Gasteiger partial charge in [-0.15, -0.1) is 0 Å². The number of hydrogen-bond donors (Lipinski definition) is 2. The van der Waals surface area contributed by atoms with E-state index in [0.717, 1.165) is 31.3 Å². The summed E-state index contributed by atoms with van der Waals surface area (Å²) in [6.45, 7) is 27.8. The van der Waals surface area contributed by atoms with Crippen LogP contribution in [0.4, 0.5) is 0 Å². The van der Waals surface area contributed by atoms with Crippen molar-refractivity contribution in [3.05, 3.63) is 83.7 Å². The van der Waals surface area contributed by atoms with Gasteiger partial charge in [-0.05, 0) is 103 Å². The fourth-order valence-electron chi connectivity index (χ4n) is 8.03. The van der Waals surface area contributed by atoms with Crippen LogP contribution in [0.15, 0.2) is 61.4 Å². The van der Waals surface area contributed by atoms with E-state index in [1.807, 2.05) is 36.7 Å². The van der Waals surface area contributed by atoms with Gasteiger partial charge in [0, 0.05) is 60.5 Å². The molecule has 0 amide bonds. The van der Waals surface area contributed by atoms with Crippen LogP contribution in [0.3, 0.4) is 0 Å². The molecule has 6 heterocycles. The van der Waals surface area contributed by atoms with Crippen LogP contribution in [0.2, 0.25) is 48.3 Å². The third-order valence-electron chi connectivity index (χ3n) is 10.2. The fraction of sp³-hybridized carbons (Fsp3) is 0.462. The van der Waals surface area contributed by atoms with Gasteiger partial charge >= 0.3 is 0 Å². The highest BCUT2D eigenvalue weighted by Gasteiger charge is 2.46. The molecule has 0 saturated carbocycles. The second kappa shape index (κ2) is 20.0. The molecule has 0 bridgehead atoms. The molecule has 0 aliphatic carbocycles. The van der Waals surface area contributed by atoms with Crippen molar-refractivity contribution in [1.82, 2.24) is 29.2 Å². The van der Waals surface area contributed by atoms with Gasteiger partial charge in [0.25, 0.3) is 0 Å². The summed E-state index contributed by atoms with van der Waals surface area (Å²) in [4.78, 5) is 18.9. The Morgan fingerprint density at radius 3 is 1.57 bits per heavy atom. The van der Waals surface area contributed by atoms with Gasteiger partial charge < -0.3 is 14.2 Å². The quantitative estimate of drug-likeness (QED) is 0.0950. The Hall–Kier alpha value is -0.876. The molecular formula is C39H54Cl4I2N6Si2. The molecule has 0 atom stereocenters. The molecule has 6 nitrogen and oxygen atoms in total. The maximum atomic E-state index is 6.68. The Morgan fingerprint density at radius 1 is 0.604 bits per heavy atom. The molecule has 0 radical (unpaired) electrons. The minimum absolute atomic E-state index is 0.654. The molecule has 14 heteroatoms. The number of aromatic nitrogens is 6. The first-order valence-electron chi connectivity index (χ1n) is 18.1. The van der Waals surface area contributed by atoms with Gasteiger partial charge in [-0.1, -0.05) is 118 Å². The lowest BCUT2D eigenvalue weighted by molar-refractivity contribution is 0.770. The average Bonchev–Trinajstić information content (AvgIpc) is 3.78. The lowest BCUT2D eigenvalue weighted by Gasteiger charge is -2.44. The van der Waals surface area contributed by atoms with Gasteiger partial charge in [0.1, 0.15) is 16.9 Å². The predicted octanol–water partition coefficient (Wildman–Crippen LogP) is 15.8. The third kappa shape index (κ3) is 10.8. The second-order valence-corrected chi connectivity index (χ2v) is 31.7. The average molecular weight is 1060 g/mol. The number of H-pyrrole nitrogens is 2. The first kappa shape index (κ1) is 46.5. The lowest BCUT2D eigenvalue weighted by Crippen LogP contribution is -2.51. The summed E-state index contributed by atoms with van der Waals surface area (Å²) in [6, 6.07) is 7.76. The molecule has 0 saturated heterocycles. The van der Waals surface area contributed by atoms with Crippen LogP contribution < -0.4 is 0 Å². The normalized spacial score (nSPS) is 12.2. The van der Waals surface area contributed by atoms with Crippen LogP contribution in [-0.4, -0.2) is 44.8 Å². The van der Waals surface area contributed by atoms with Gasteiger partial charge in [0.15, 0.2) is 15.6 Å². The highest BCUT2D eigenvalue weighted by molar-refractivity contribution is 14.1. The Labute approximate surface area is 365 Å². The maximum absolute atomic E-state index is 6.68. The molecule has 0 fully saturated rings. The molecule has 6 rings (SSSR count). The Kier molecular flexibility index (Phi) is 17.6. The molecule has 2 N–H and O–H groups in total. The van der Waals surface area contributed by atoms with Crippen LogP contribution in [0.5, 0.6) is 0 Å². The molecule has 53 heavy (non-hydrogen) atoms. The SMILES string of the molecule is CC(C)[Si](C(C)C)(C(C)C)n1cc(I)c2cc(Cl)cnc21.CC(C)[Si](Cl)(C(C)C)C(C)C.Clc1cnc2[nH]cc(I)c2c1.Clc1cnc2[nH]ccc2c1. The van der Waals surface area contributed by atoms with E-state index in [0.29, 0.717) is 48.3 Å². The van der Waals surface area contributed by atoms with Crippen molar-refractivity contribution in [3.63, 3.8) is 0 Å². The summed E-state index contributed by atoms with van der Waals surface area (Å²) in [7, 11) is -3.27. The van der Waals surface area contributed by atoms with Gasteiger partial charge in [-0.2, -0.15) is 11.1 Å². The monoisotopic (exact) mass is 1060 g/mol. The highest BCUT2D eigenvalue weighted by atomic mass is 127. The Bertz CT molecular complexity index is 2030. The number of fused-ring (bicyclic) bond motifs is 3. The van der Waals surface area contributed by atoms with Crippen molar-refractivity contribution in [2.24, 2.45) is 0 Å². The van der Waals surface area contributed by atoms with Crippen LogP contribution in [0.25, 0.3) is 33.1 Å². The van der Waals surface area contributed by atoms with Crippen molar-refractivity contribution in [2.45, 2.75) is 116 Å². The van der Waals surface area contributed by atoms with E-state index in [1.54, 1.807) is 18.6 Å². The first-order chi connectivity index (χ1) is 24.7. The molecule has 6 aromatic heterocycles. The highest BCUT2D eigenvalue weighted by Crippen LogP contribution is 2.45. The molecule has 6 aromatic rings. The summed E-state index contributed by atoms with van der Waals surface area (Å²) in [5, 5.41) is 5.37. The number of aromatic amines is 2. The summed E-state index contributed by atoms with van der Waals surface area (Å²) in [5.41, 5.74) is 6.89. The standard InChI is InChI=1S/C16H24ClIN2Si.C9H21ClSi.C7H4ClIN2.C7H5ClN2/c1-10(2)21(11(3)4,12(5)6)20-9-15(18)14-7-13(17)8-19-16(14)20;1-7(2)11(10,8(3)4)9(5)6;8-4-1-5-6(9)3-11-7(5)10-2-4;8-6-3-5-1-2-9-7(5)10-4-6/h7-12H,1-6H3;7-9H,1-6H3;1-3H,(H,10,11);1-4H,(H,9,10). The number of rotatable bonds is 7. The zero-order chi connectivity index (χ0) is 40.0. The topological polar surface area (TPSA) is 75.2 Å². The largest absolute Gasteiger partial charge is 0.358 e. The van der Waals surface area contributed by atoms with E-state index in [2.05, 4.69) is 164 Å². The van der Waals surface area contributed by atoms with E-state index in [9.17, 15) is 0 Å². The molecule has 0 spiro atoms. The van der Waals surface area contributed by atoms with E-state index < -0.39 is 15.6 Å². The Balaban J connectivity index is 0.000000202. The molecule has 0 aliphatic heterocycles. The fourth-order valence-corrected chi connectivity index (χ4v) is 20.6. The minimum atomic E-state index is -1.76. The predicted molar refractivity (Wildman–Crippen MR) is 256 cm³/mol. The number of halogens is 6. The van der Waals surface area contributed by atoms with E-state index >= 15 is 0 Å². The van der Waals surface area contributed by atoms with Crippen LogP contribution in [0.1, 0.15) is 83.1 Å². The van der Waals surface area contributed by atoms with E-state index in [4.69, 9.17) is 45.9 Å². The van der Waals surface area contributed by atoms with Gasteiger partial charge in [-0.3, -0.25) is 0 Å². The van der Waals surface area contributed by atoms with Gasteiger partial charge in [0.2, 0.25) is 0 Å². The van der Waals surface area contributed by atoms with Crippen LogP contribution >= 0.6 is 91.1 Å². The van der Waals surface area contributed by atoms with Crippen molar-refractivity contribution in [1.29, 1.82) is 0 Å². The van der Waals surface area contributed by atoms with E-state index in [1.165, 1.54) is 8.96 Å². The van der Waals surface area contributed by atoms with Crippen molar-refractivity contribution in [2.75, 3.05) is 0 Å². The van der Waals surface area contributed by atoms with Crippen molar-refractivity contribution < 1.29 is 0 Å². The maximum Gasteiger partial charge on any atom is 0.171 e. The summed E-state index contributed by atoms with van der Waals surface area (Å²) in [5.74, 6) is 0. The molecule has 0 aromatic carbocycles. The molecular weight excluding hydrogens is 1000 g/mol. The van der Waals surface area contributed by atoms with E-state index in [-0.39, 0.29) is 0 Å². The zero-order valence-corrected chi connectivity index (χ0v) is 42.1. The molecule has 290 valence electrons. The summed E-state index contributed by atoms with van der Waals surface area (Å²) < 4.78 is 4.93. The first-order valence-corrected chi connectivity index (χ1v) is 26.8. The van der Waals surface area contributed by atoms with Crippen LogP contribution in [-0.2, 0) is 0 Å². The van der Waals surface area contributed by atoms with Crippen LogP contribution in [0, 0.1) is 7.14 Å². The molecule has 0 aliphatic rings. The second-order valence-electron chi connectivity index (χ2n) is 15.3. The number of hydrogen-bond acceptors (Lipinski definition) is 3. The number of pyridine rings is 3. The zero-order valence-electron chi connectivity index (χ0n) is 32.8. The minimum Gasteiger partial charge on any atom is -0.358 e. The third-order valence-corrected chi connectivity index (χ3v) is 28.6. The van der Waals surface area contributed by atoms with Gasteiger partial charge in [0.05, 0.1) is 15.1 Å². The lowest BCUT2D eigenvalue weighted by atomic mass is 10.3. The van der Waals surface area contributed by atoms with Crippen molar-refractivity contribution >= 4 is 140 Å². The number of nitrogens with one attached hydrogen (secondary N) is 2. The smallest absolute Gasteiger partial charge is 0.171 e.